The number of hydrogen-bond acceptors (Lipinski definition) is 7. The molecule has 1 aliphatic heterocycles. The zero-order chi connectivity index (χ0) is 17.9. The molecule has 4 rings (SSSR count). The topological polar surface area (TPSA) is 133 Å². The van der Waals surface area contributed by atoms with E-state index in [0.29, 0.717) is 26.7 Å². The molecule has 1 aromatic carbocycles. The molecule has 0 unspecified atom stereocenters. The van der Waals surface area contributed by atoms with Crippen molar-refractivity contribution in [2.24, 2.45) is 0 Å². The molecule has 1 fully saturated rings. The summed E-state index contributed by atoms with van der Waals surface area (Å²) in [5, 5.41) is 42.4. The van der Waals surface area contributed by atoms with E-state index in [-0.39, 0.29) is 0 Å². The Morgan fingerprint density at radius 3 is 2.92 bits per heavy atom. The highest BCUT2D eigenvalue weighted by molar-refractivity contribution is 6.38. The quantitative estimate of drug-likeness (QED) is 0.498. The monoisotopic (exact) mass is 366 g/mol. The second-order valence-corrected chi connectivity index (χ2v) is 6.68. The van der Waals surface area contributed by atoms with Gasteiger partial charge in [-0.1, -0.05) is 11.6 Å². The second kappa shape index (κ2) is 5.48. The fourth-order valence-corrected chi connectivity index (χ4v) is 3.51. The molecule has 10 heteroatoms. The lowest BCUT2D eigenvalue weighted by Gasteiger charge is -2.27. The van der Waals surface area contributed by atoms with Crippen LogP contribution in [-0.4, -0.2) is 59.7 Å². The van der Waals surface area contributed by atoms with Gasteiger partial charge in [0.1, 0.15) is 23.3 Å². The SMILES string of the molecule is C[C@@]1(O)[C@H](O)[C@@H](CO)O[C@H]1n1cc2c(Cl)cc3c(=O)[nH]ncc(n1)c23. The fourth-order valence-electron chi connectivity index (χ4n) is 3.25. The first-order valence-electron chi connectivity index (χ1n) is 7.56. The van der Waals surface area contributed by atoms with Crippen molar-refractivity contribution in [3.05, 3.63) is 33.8 Å². The zero-order valence-electron chi connectivity index (χ0n) is 13.0. The Labute approximate surface area is 145 Å². The summed E-state index contributed by atoms with van der Waals surface area (Å²) in [6, 6.07) is 1.52. The standard InChI is InChI=1S/C15H15ClN4O5/c1-15(24)12(22)10(5-21)25-14(15)20-4-7-8(16)2-6-11(7)9(19-20)3-17-18-13(6)23/h2-4,10,12,14,21-22,24H,5H2,1H3,(H,18,23)/t10-,12-,14-,15-/m1/s1. The smallest absolute Gasteiger partial charge is 0.272 e. The van der Waals surface area contributed by atoms with Crippen LogP contribution in [0.25, 0.3) is 21.7 Å². The summed E-state index contributed by atoms with van der Waals surface area (Å²) in [5.74, 6) is 0. The van der Waals surface area contributed by atoms with Crippen molar-refractivity contribution in [3.63, 3.8) is 0 Å². The molecule has 3 heterocycles. The minimum Gasteiger partial charge on any atom is -0.394 e. The number of nitrogens with one attached hydrogen (secondary N) is 1. The third kappa shape index (κ3) is 2.28. The van der Waals surface area contributed by atoms with Crippen LogP contribution in [0.5, 0.6) is 0 Å². The average Bonchev–Trinajstić information content (AvgIpc) is 2.96. The van der Waals surface area contributed by atoms with Gasteiger partial charge in [-0.2, -0.15) is 10.2 Å². The largest absolute Gasteiger partial charge is 0.394 e. The van der Waals surface area contributed by atoms with E-state index < -0.39 is 36.2 Å². The van der Waals surface area contributed by atoms with Crippen molar-refractivity contribution >= 4 is 33.3 Å². The zero-order valence-corrected chi connectivity index (χ0v) is 13.8. The summed E-state index contributed by atoms with van der Waals surface area (Å²) in [4.78, 5) is 12.0. The molecule has 0 radical (unpaired) electrons. The highest BCUT2D eigenvalue weighted by atomic mass is 35.5. The van der Waals surface area contributed by atoms with Gasteiger partial charge in [0.05, 0.1) is 23.2 Å². The molecular formula is C15H15ClN4O5. The Balaban J connectivity index is 1.98. The third-order valence-electron chi connectivity index (χ3n) is 4.58. The molecule has 1 aliphatic rings. The van der Waals surface area contributed by atoms with E-state index in [9.17, 15) is 20.1 Å². The summed E-state index contributed by atoms with van der Waals surface area (Å²) >= 11 is 6.25. The van der Waals surface area contributed by atoms with Crippen LogP contribution in [0.1, 0.15) is 13.2 Å². The number of aromatic nitrogens is 4. The molecular weight excluding hydrogens is 352 g/mol. The van der Waals surface area contributed by atoms with Gasteiger partial charge in [-0.25, -0.2) is 9.78 Å². The molecule has 0 bridgehead atoms. The van der Waals surface area contributed by atoms with Crippen molar-refractivity contribution in [2.75, 3.05) is 6.61 Å². The van der Waals surface area contributed by atoms with Crippen LogP contribution in [0.2, 0.25) is 5.02 Å². The Bertz CT molecular complexity index is 1030. The first kappa shape index (κ1) is 16.4. The molecule has 4 N–H and O–H groups in total. The van der Waals surface area contributed by atoms with Gasteiger partial charge < -0.3 is 20.1 Å². The van der Waals surface area contributed by atoms with Crippen LogP contribution >= 0.6 is 11.6 Å². The number of rotatable bonds is 2. The summed E-state index contributed by atoms with van der Waals surface area (Å²) < 4.78 is 6.88. The van der Waals surface area contributed by atoms with Crippen LogP contribution in [0.3, 0.4) is 0 Å². The summed E-state index contributed by atoms with van der Waals surface area (Å²) in [6.07, 6.45) is -0.411. The van der Waals surface area contributed by atoms with E-state index in [0.717, 1.165) is 0 Å². The van der Waals surface area contributed by atoms with Crippen molar-refractivity contribution in [1.82, 2.24) is 20.0 Å². The molecule has 0 saturated carbocycles. The molecule has 1 saturated heterocycles. The number of aliphatic hydroxyl groups is 3. The van der Waals surface area contributed by atoms with Gasteiger partial charge in [-0.15, -0.1) is 0 Å². The molecule has 132 valence electrons. The number of aromatic amines is 1. The second-order valence-electron chi connectivity index (χ2n) is 6.27. The lowest BCUT2D eigenvalue weighted by molar-refractivity contribution is -0.102. The average molecular weight is 367 g/mol. The number of H-pyrrole nitrogens is 1. The Morgan fingerprint density at radius 1 is 1.48 bits per heavy atom. The minimum absolute atomic E-state index is 0.338. The van der Waals surface area contributed by atoms with Crippen molar-refractivity contribution in [3.8, 4) is 0 Å². The van der Waals surface area contributed by atoms with Crippen LogP contribution in [0.4, 0.5) is 0 Å². The molecule has 2 aromatic heterocycles. The molecule has 0 aliphatic carbocycles. The Hall–Kier alpha value is -2.04. The van der Waals surface area contributed by atoms with Gasteiger partial charge in [0, 0.05) is 17.0 Å². The van der Waals surface area contributed by atoms with Crippen molar-refractivity contribution in [1.29, 1.82) is 0 Å². The van der Waals surface area contributed by atoms with Gasteiger partial charge in [0.2, 0.25) is 0 Å². The maximum absolute atomic E-state index is 12.0. The van der Waals surface area contributed by atoms with Crippen molar-refractivity contribution < 1.29 is 20.1 Å². The summed E-state index contributed by atoms with van der Waals surface area (Å²) in [7, 11) is 0. The van der Waals surface area contributed by atoms with Crippen LogP contribution in [0, 0.1) is 0 Å². The van der Waals surface area contributed by atoms with Crippen LogP contribution < -0.4 is 5.56 Å². The maximum atomic E-state index is 12.0. The number of ether oxygens (including phenoxy) is 1. The Kier molecular flexibility index (Phi) is 3.60. The lowest BCUT2D eigenvalue weighted by Crippen LogP contribution is -2.44. The first-order valence-corrected chi connectivity index (χ1v) is 7.94. The lowest BCUT2D eigenvalue weighted by atomic mass is 9.97. The highest BCUT2D eigenvalue weighted by Gasteiger charge is 2.53. The van der Waals surface area contributed by atoms with E-state index in [1.54, 1.807) is 0 Å². The van der Waals surface area contributed by atoms with E-state index >= 15 is 0 Å². The van der Waals surface area contributed by atoms with E-state index in [4.69, 9.17) is 16.3 Å². The molecule has 0 spiro atoms. The maximum Gasteiger partial charge on any atom is 0.272 e. The fraction of sp³-hybridized carbons (Fsp3) is 0.400. The van der Waals surface area contributed by atoms with Gasteiger partial charge >= 0.3 is 0 Å². The predicted molar refractivity (Wildman–Crippen MR) is 88.3 cm³/mol. The van der Waals surface area contributed by atoms with Gasteiger partial charge in [0.15, 0.2) is 6.23 Å². The van der Waals surface area contributed by atoms with Gasteiger partial charge in [-0.05, 0) is 13.0 Å². The Morgan fingerprint density at radius 2 is 2.24 bits per heavy atom. The van der Waals surface area contributed by atoms with Gasteiger partial charge in [-0.3, -0.25) is 4.79 Å². The molecule has 4 atom stereocenters. The number of halogens is 1. The van der Waals surface area contributed by atoms with E-state index in [1.807, 2.05) is 0 Å². The first-order chi connectivity index (χ1) is 11.8. The minimum atomic E-state index is -1.69. The summed E-state index contributed by atoms with van der Waals surface area (Å²) in [6.45, 7) is 0.941. The normalized spacial score (nSPS) is 29.7. The number of hydrogen-bond donors (Lipinski definition) is 4. The molecule has 25 heavy (non-hydrogen) atoms. The summed E-state index contributed by atoms with van der Waals surface area (Å²) in [5.41, 5.74) is -1.73. The third-order valence-corrected chi connectivity index (χ3v) is 4.89. The van der Waals surface area contributed by atoms with Crippen LogP contribution in [-0.2, 0) is 4.74 Å². The number of nitrogens with zero attached hydrogens (tertiary/aromatic N) is 3. The highest BCUT2D eigenvalue weighted by Crippen LogP contribution is 2.39. The molecule has 3 aromatic rings. The van der Waals surface area contributed by atoms with Crippen molar-refractivity contribution in [2.45, 2.75) is 31.0 Å². The molecule has 0 amide bonds. The van der Waals surface area contributed by atoms with Gasteiger partial charge in [0.25, 0.3) is 5.56 Å². The van der Waals surface area contributed by atoms with E-state index in [1.165, 1.54) is 30.1 Å². The number of aliphatic hydroxyl groups excluding tert-OH is 2. The van der Waals surface area contributed by atoms with Crippen LogP contribution in [0.15, 0.2) is 23.3 Å². The molecule has 9 nitrogen and oxygen atoms in total. The van der Waals surface area contributed by atoms with E-state index in [2.05, 4.69) is 15.3 Å². The predicted octanol–water partition coefficient (Wildman–Crippen LogP) is -0.0722.